The van der Waals surface area contributed by atoms with E-state index >= 15 is 0 Å². The fraction of sp³-hybridized carbons (Fsp3) is 0.350. The van der Waals surface area contributed by atoms with E-state index in [4.69, 9.17) is 0 Å². The average molecular weight is 351 g/mol. The maximum absolute atomic E-state index is 12.6. The summed E-state index contributed by atoms with van der Waals surface area (Å²) in [5, 5.41) is 7.64. The molecule has 0 saturated carbocycles. The Morgan fingerprint density at radius 3 is 2.62 bits per heavy atom. The molecule has 26 heavy (non-hydrogen) atoms. The molecule has 3 aromatic rings. The van der Waals surface area contributed by atoms with Gasteiger partial charge in [0.05, 0.1) is 17.0 Å². The molecular weight excluding hydrogens is 326 g/mol. The summed E-state index contributed by atoms with van der Waals surface area (Å²) < 4.78 is 1.82. The predicted octanol–water partition coefficient (Wildman–Crippen LogP) is 2.56. The van der Waals surface area contributed by atoms with Crippen LogP contribution in [0.3, 0.4) is 0 Å². The van der Waals surface area contributed by atoms with Gasteiger partial charge in [0.1, 0.15) is 0 Å². The van der Waals surface area contributed by atoms with Crippen LogP contribution in [0.1, 0.15) is 28.7 Å². The van der Waals surface area contributed by atoms with Crippen LogP contribution < -0.4 is 5.32 Å². The number of aromatic nitrogens is 3. The second kappa shape index (κ2) is 7.66. The third-order valence-electron chi connectivity index (χ3n) is 4.41. The molecule has 1 amide bonds. The highest BCUT2D eigenvalue weighted by Crippen LogP contribution is 2.28. The minimum absolute atomic E-state index is 0.104. The molecule has 0 fully saturated rings. The maximum Gasteiger partial charge on any atom is 0.254 e. The third-order valence-corrected chi connectivity index (χ3v) is 4.41. The Hall–Kier alpha value is -2.73. The zero-order valence-corrected chi connectivity index (χ0v) is 15.8. The third kappa shape index (κ3) is 3.46. The van der Waals surface area contributed by atoms with Crippen molar-refractivity contribution in [2.45, 2.75) is 20.3 Å². The molecule has 0 radical (unpaired) electrons. The molecule has 0 spiro atoms. The molecule has 1 aromatic carbocycles. The van der Waals surface area contributed by atoms with Crippen molar-refractivity contribution in [3.63, 3.8) is 0 Å². The van der Waals surface area contributed by atoms with Crippen molar-refractivity contribution < 1.29 is 4.79 Å². The number of rotatable bonds is 6. The van der Waals surface area contributed by atoms with Crippen molar-refractivity contribution >= 4 is 11.6 Å². The zero-order chi connectivity index (χ0) is 18.7. The van der Waals surface area contributed by atoms with Crippen LogP contribution in [0, 0.1) is 6.92 Å². The van der Waals surface area contributed by atoms with E-state index in [0.29, 0.717) is 18.5 Å². The van der Waals surface area contributed by atoms with Gasteiger partial charge in [-0.15, -0.1) is 0 Å². The molecule has 6 nitrogen and oxygen atoms in total. The van der Waals surface area contributed by atoms with Gasteiger partial charge in [-0.2, -0.15) is 5.10 Å². The number of likely N-dealkylation sites (N-methyl/N-ethyl adjacent to an activating group) is 1. The lowest BCUT2D eigenvalue weighted by Crippen LogP contribution is -2.32. The van der Waals surface area contributed by atoms with Crippen LogP contribution >= 0.6 is 0 Å². The quantitative estimate of drug-likeness (QED) is 0.741. The molecule has 0 unspecified atom stereocenters. The highest BCUT2D eigenvalue weighted by atomic mass is 16.1. The van der Waals surface area contributed by atoms with Gasteiger partial charge >= 0.3 is 0 Å². The smallest absolute Gasteiger partial charge is 0.254 e. The first kappa shape index (κ1) is 18.1. The van der Waals surface area contributed by atoms with Crippen LogP contribution in [-0.4, -0.2) is 52.6 Å². The summed E-state index contributed by atoms with van der Waals surface area (Å²) in [5.74, 6) is -0.104. The van der Waals surface area contributed by atoms with Crippen LogP contribution in [0.4, 0.5) is 0 Å². The summed E-state index contributed by atoms with van der Waals surface area (Å²) in [7, 11) is 3.96. The van der Waals surface area contributed by atoms with E-state index in [-0.39, 0.29) is 5.91 Å². The van der Waals surface area contributed by atoms with Crippen LogP contribution in [0.25, 0.3) is 16.8 Å². The van der Waals surface area contributed by atoms with Gasteiger partial charge in [0.2, 0.25) is 0 Å². The summed E-state index contributed by atoms with van der Waals surface area (Å²) in [4.78, 5) is 19.2. The molecule has 0 aliphatic rings. The van der Waals surface area contributed by atoms with Gasteiger partial charge in [0.15, 0.2) is 5.65 Å². The van der Waals surface area contributed by atoms with Gasteiger partial charge in [0, 0.05) is 24.8 Å². The first-order valence-corrected chi connectivity index (χ1v) is 8.88. The monoisotopic (exact) mass is 351 g/mol. The minimum atomic E-state index is -0.104. The van der Waals surface area contributed by atoms with E-state index in [9.17, 15) is 4.79 Å². The van der Waals surface area contributed by atoms with Crippen molar-refractivity contribution in [1.29, 1.82) is 0 Å². The molecule has 0 aliphatic heterocycles. The summed E-state index contributed by atoms with van der Waals surface area (Å²) >= 11 is 0. The molecule has 0 bridgehead atoms. The molecule has 136 valence electrons. The van der Waals surface area contributed by atoms with Crippen LogP contribution in [0.5, 0.6) is 0 Å². The molecule has 2 aromatic heterocycles. The van der Waals surface area contributed by atoms with Crippen molar-refractivity contribution in [3.8, 4) is 11.1 Å². The van der Waals surface area contributed by atoms with Gasteiger partial charge < -0.3 is 10.2 Å². The zero-order valence-electron chi connectivity index (χ0n) is 15.8. The number of amides is 1. The van der Waals surface area contributed by atoms with Gasteiger partial charge in [-0.1, -0.05) is 37.3 Å². The number of nitrogens with one attached hydrogen (secondary N) is 1. The normalized spacial score (nSPS) is 11.3. The van der Waals surface area contributed by atoms with Gasteiger partial charge in [-0.05, 0) is 33.0 Å². The molecule has 3 rings (SSSR count). The topological polar surface area (TPSA) is 62.5 Å². The standard InChI is InChI=1S/C20H25N5O/c1-5-17-16(20(26)21-11-12-24(3)4)13-22-19-18(14(2)23-25(17)19)15-9-7-6-8-10-15/h6-10,13H,5,11-12H2,1-4H3,(H,21,26). The highest BCUT2D eigenvalue weighted by molar-refractivity contribution is 5.95. The van der Waals surface area contributed by atoms with Crippen LogP contribution in [-0.2, 0) is 6.42 Å². The number of hydrogen-bond acceptors (Lipinski definition) is 4. The van der Waals surface area contributed by atoms with Crippen molar-refractivity contribution in [3.05, 3.63) is 53.5 Å². The maximum atomic E-state index is 12.6. The molecule has 2 heterocycles. The van der Waals surface area contributed by atoms with Crippen molar-refractivity contribution in [2.24, 2.45) is 0 Å². The Balaban J connectivity index is 2.02. The highest BCUT2D eigenvalue weighted by Gasteiger charge is 2.19. The number of hydrogen-bond donors (Lipinski definition) is 1. The van der Waals surface area contributed by atoms with Crippen LogP contribution in [0.15, 0.2) is 36.5 Å². The van der Waals surface area contributed by atoms with E-state index in [0.717, 1.165) is 34.7 Å². The molecule has 0 saturated heterocycles. The lowest BCUT2D eigenvalue weighted by atomic mass is 10.1. The summed E-state index contributed by atoms with van der Waals surface area (Å²) in [6, 6.07) is 10.1. The van der Waals surface area contributed by atoms with Crippen LogP contribution in [0.2, 0.25) is 0 Å². The van der Waals surface area contributed by atoms with E-state index in [1.165, 1.54) is 0 Å². The number of nitrogens with zero attached hydrogens (tertiary/aromatic N) is 4. The van der Waals surface area contributed by atoms with Crippen molar-refractivity contribution in [2.75, 3.05) is 27.2 Å². The average Bonchev–Trinajstić information content (AvgIpc) is 2.97. The largest absolute Gasteiger partial charge is 0.351 e. The second-order valence-electron chi connectivity index (χ2n) is 6.59. The number of fused-ring (bicyclic) bond motifs is 1. The summed E-state index contributed by atoms with van der Waals surface area (Å²) in [6.45, 7) is 5.40. The Kier molecular flexibility index (Phi) is 5.32. The van der Waals surface area contributed by atoms with E-state index < -0.39 is 0 Å². The number of benzene rings is 1. The van der Waals surface area contributed by atoms with E-state index in [2.05, 4.69) is 27.5 Å². The first-order chi connectivity index (χ1) is 12.5. The fourth-order valence-electron chi connectivity index (χ4n) is 3.10. The minimum Gasteiger partial charge on any atom is -0.351 e. The van der Waals surface area contributed by atoms with Gasteiger partial charge in [0.25, 0.3) is 5.91 Å². The molecular formula is C20H25N5O. The van der Waals surface area contributed by atoms with E-state index in [1.807, 2.05) is 55.6 Å². The SMILES string of the molecule is CCc1c(C(=O)NCCN(C)C)cnc2c(-c3ccccc3)c(C)nn12. The van der Waals surface area contributed by atoms with E-state index in [1.54, 1.807) is 6.20 Å². The molecule has 1 N–H and O–H groups in total. The van der Waals surface area contributed by atoms with Gasteiger partial charge in [-0.3, -0.25) is 4.79 Å². The fourth-order valence-corrected chi connectivity index (χ4v) is 3.10. The van der Waals surface area contributed by atoms with Crippen molar-refractivity contribution in [1.82, 2.24) is 24.8 Å². The number of carbonyl (C=O) groups excluding carboxylic acids is 1. The molecule has 0 atom stereocenters. The predicted molar refractivity (Wildman–Crippen MR) is 103 cm³/mol. The summed E-state index contributed by atoms with van der Waals surface area (Å²) in [5.41, 5.74) is 5.25. The lowest BCUT2D eigenvalue weighted by Gasteiger charge is -2.12. The Bertz CT molecular complexity index is 915. The summed E-state index contributed by atoms with van der Waals surface area (Å²) in [6.07, 6.45) is 2.37. The number of carbonyl (C=O) groups is 1. The number of aryl methyl sites for hydroxylation is 2. The Labute approximate surface area is 153 Å². The second-order valence-corrected chi connectivity index (χ2v) is 6.59. The molecule has 0 aliphatic carbocycles. The Morgan fingerprint density at radius 2 is 1.96 bits per heavy atom. The lowest BCUT2D eigenvalue weighted by molar-refractivity contribution is 0.0949. The van der Waals surface area contributed by atoms with Gasteiger partial charge in [-0.25, -0.2) is 9.50 Å². The first-order valence-electron chi connectivity index (χ1n) is 8.88. The molecule has 6 heteroatoms. The Morgan fingerprint density at radius 1 is 1.23 bits per heavy atom.